The van der Waals surface area contributed by atoms with E-state index in [2.05, 4.69) is 0 Å². The standard InChI is InChI=1S/C14H16O7/c1-19-14-12(17)11(16)10(15)9(21-14)7-20-13(18)8-5-3-2-4-6-8/h2-6,9-10,12,14-15,17H,7H2,1H3/t9?,10-,12+,14?/m1/s1. The Hall–Kier alpha value is -1.80. The Morgan fingerprint density at radius 3 is 2.52 bits per heavy atom. The summed E-state index contributed by atoms with van der Waals surface area (Å²) in [7, 11) is 1.26. The maximum Gasteiger partial charge on any atom is 0.338 e. The molecule has 1 aliphatic heterocycles. The fourth-order valence-electron chi connectivity index (χ4n) is 1.94. The second-order valence-electron chi connectivity index (χ2n) is 4.54. The van der Waals surface area contributed by atoms with Crippen molar-refractivity contribution in [1.29, 1.82) is 0 Å². The van der Waals surface area contributed by atoms with E-state index in [0.717, 1.165) is 0 Å². The van der Waals surface area contributed by atoms with E-state index in [9.17, 15) is 19.8 Å². The molecule has 2 rings (SSSR count). The summed E-state index contributed by atoms with van der Waals surface area (Å²) in [5, 5.41) is 19.2. The molecule has 4 atom stereocenters. The van der Waals surface area contributed by atoms with Gasteiger partial charge < -0.3 is 24.4 Å². The van der Waals surface area contributed by atoms with Gasteiger partial charge in [0.1, 0.15) is 18.8 Å². The third-order valence-electron chi connectivity index (χ3n) is 3.12. The van der Waals surface area contributed by atoms with Crippen molar-refractivity contribution in [3.8, 4) is 0 Å². The SMILES string of the molecule is COC1OC(COC(=O)c2ccccc2)[C@@H](O)C(=O)[C@@H]1O. The summed E-state index contributed by atoms with van der Waals surface area (Å²) < 4.78 is 15.0. The fourth-order valence-corrected chi connectivity index (χ4v) is 1.94. The number of esters is 1. The van der Waals surface area contributed by atoms with E-state index in [-0.39, 0.29) is 6.61 Å². The van der Waals surface area contributed by atoms with Gasteiger partial charge in [0.2, 0.25) is 0 Å². The summed E-state index contributed by atoms with van der Waals surface area (Å²) in [6, 6.07) is 8.28. The Balaban J connectivity index is 1.96. The number of carbonyl (C=O) groups excluding carboxylic acids is 2. The molecule has 21 heavy (non-hydrogen) atoms. The zero-order chi connectivity index (χ0) is 15.4. The second-order valence-corrected chi connectivity index (χ2v) is 4.54. The van der Waals surface area contributed by atoms with Crippen molar-refractivity contribution < 1.29 is 34.0 Å². The van der Waals surface area contributed by atoms with Crippen LogP contribution in [0.1, 0.15) is 10.4 Å². The van der Waals surface area contributed by atoms with Gasteiger partial charge in [-0.1, -0.05) is 18.2 Å². The van der Waals surface area contributed by atoms with Crippen LogP contribution in [0.15, 0.2) is 30.3 Å². The lowest BCUT2D eigenvalue weighted by molar-refractivity contribution is -0.247. The number of aliphatic hydroxyl groups excluding tert-OH is 2. The fraction of sp³-hybridized carbons (Fsp3) is 0.429. The molecular weight excluding hydrogens is 280 g/mol. The molecular formula is C14H16O7. The Morgan fingerprint density at radius 2 is 1.90 bits per heavy atom. The highest BCUT2D eigenvalue weighted by atomic mass is 16.7. The van der Waals surface area contributed by atoms with Crippen LogP contribution in [0, 0.1) is 0 Å². The van der Waals surface area contributed by atoms with Crippen molar-refractivity contribution in [2.24, 2.45) is 0 Å². The average molecular weight is 296 g/mol. The Kier molecular flexibility index (Phi) is 5.03. The number of Topliss-reactive ketones (excluding diaryl/α,β-unsaturated/α-hetero) is 1. The quantitative estimate of drug-likeness (QED) is 0.722. The first kappa shape index (κ1) is 15.6. The smallest absolute Gasteiger partial charge is 0.338 e. The predicted molar refractivity (Wildman–Crippen MR) is 69.4 cm³/mol. The van der Waals surface area contributed by atoms with Crippen LogP contribution in [-0.4, -0.2) is 60.3 Å². The van der Waals surface area contributed by atoms with Crippen LogP contribution in [-0.2, 0) is 19.0 Å². The van der Waals surface area contributed by atoms with Crippen molar-refractivity contribution in [3.05, 3.63) is 35.9 Å². The summed E-state index contributed by atoms with van der Waals surface area (Å²) in [6.07, 6.45) is -5.42. The van der Waals surface area contributed by atoms with Crippen LogP contribution in [0.5, 0.6) is 0 Å². The van der Waals surface area contributed by atoms with Gasteiger partial charge in [0.25, 0.3) is 0 Å². The number of hydrogen-bond donors (Lipinski definition) is 2. The van der Waals surface area contributed by atoms with Gasteiger partial charge in [0.05, 0.1) is 5.56 Å². The van der Waals surface area contributed by atoms with Crippen LogP contribution in [0.3, 0.4) is 0 Å². The predicted octanol–water partition coefficient (Wildman–Crippen LogP) is -0.494. The highest BCUT2D eigenvalue weighted by Crippen LogP contribution is 2.19. The molecule has 0 radical (unpaired) electrons. The molecule has 0 bridgehead atoms. The maximum absolute atomic E-state index is 11.8. The number of hydrogen-bond acceptors (Lipinski definition) is 7. The Bertz CT molecular complexity index is 501. The molecule has 0 aliphatic carbocycles. The first-order valence-corrected chi connectivity index (χ1v) is 6.35. The molecule has 0 spiro atoms. The van der Waals surface area contributed by atoms with Gasteiger partial charge in [-0.3, -0.25) is 4.79 Å². The van der Waals surface area contributed by atoms with Crippen molar-refractivity contribution in [3.63, 3.8) is 0 Å². The largest absolute Gasteiger partial charge is 0.459 e. The zero-order valence-corrected chi connectivity index (χ0v) is 11.3. The lowest BCUT2D eigenvalue weighted by atomic mass is 10.0. The molecule has 1 heterocycles. The lowest BCUT2D eigenvalue weighted by Crippen LogP contribution is -2.56. The first-order valence-electron chi connectivity index (χ1n) is 6.35. The van der Waals surface area contributed by atoms with E-state index in [1.807, 2.05) is 0 Å². The van der Waals surface area contributed by atoms with Gasteiger partial charge in [-0.05, 0) is 12.1 Å². The molecule has 1 saturated heterocycles. The van der Waals surface area contributed by atoms with E-state index in [1.54, 1.807) is 30.3 Å². The minimum absolute atomic E-state index is 0.326. The molecule has 1 fully saturated rings. The molecule has 2 unspecified atom stereocenters. The molecule has 1 aliphatic rings. The normalized spacial score (nSPS) is 29.2. The third-order valence-corrected chi connectivity index (χ3v) is 3.12. The summed E-state index contributed by atoms with van der Waals surface area (Å²) in [5.41, 5.74) is 0.345. The molecule has 0 saturated carbocycles. The van der Waals surface area contributed by atoms with Gasteiger partial charge in [-0.2, -0.15) is 0 Å². The zero-order valence-electron chi connectivity index (χ0n) is 11.3. The van der Waals surface area contributed by atoms with Crippen LogP contribution in [0.2, 0.25) is 0 Å². The van der Waals surface area contributed by atoms with Gasteiger partial charge in [0.15, 0.2) is 18.2 Å². The van der Waals surface area contributed by atoms with Gasteiger partial charge in [-0.15, -0.1) is 0 Å². The van der Waals surface area contributed by atoms with E-state index in [0.29, 0.717) is 5.56 Å². The Labute approximate surface area is 121 Å². The van der Waals surface area contributed by atoms with E-state index in [4.69, 9.17) is 14.2 Å². The maximum atomic E-state index is 11.8. The van der Waals surface area contributed by atoms with Crippen molar-refractivity contribution in [2.75, 3.05) is 13.7 Å². The number of benzene rings is 1. The first-order chi connectivity index (χ1) is 10.0. The average Bonchev–Trinajstić information content (AvgIpc) is 2.52. The molecule has 7 heteroatoms. The number of carbonyl (C=O) groups is 2. The molecule has 7 nitrogen and oxygen atoms in total. The number of ether oxygens (including phenoxy) is 3. The van der Waals surface area contributed by atoms with E-state index < -0.39 is 36.4 Å². The second kappa shape index (κ2) is 6.77. The molecule has 0 amide bonds. The molecule has 1 aromatic carbocycles. The summed E-state index contributed by atoms with van der Waals surface area (Å²) in [4.78, 5) is 23.4. The van der Waals surface area contributed by atoms with Gasteiger partial charge in [0, 0.05) is 7.11 Å². The van der Waals surface area contributed by atoms with Crippen molar-refractivity contribution in [2.45, 2.75) is 24.6 Å². The topological polar surface area (TPSA) is 102 Å². The highest BCUT2D eigenvalue weighted by molar-refractivity contribution is 5.90. The minimum atomic E-state index is -1.57. The lowest BCUT2D eigenvalue weighted by Gasteiger charge is -2.34. The van der Waals surface area contributed by atoms with Gasteiger partial charge >= 0.3 is 5.97 Å². The number of ketones is 1. The molecule has 2 N–H and O–H groups in total. The van der Waals surface area contributed by atoms with E-state index in [1.165, 1.54) is 7.11 Å². The highest BCUT2D eigenvalue weighted by Gasteiger charge is 2.44. The molecule has 114 valence electrons. The van der Waals surface area contributed by atoms with Crippen molar-refractivity contribution in [1.82, 2.24) is 0 Å². The number of rotatable bonds is 4. The summed E-state index contributed by atoms with van der Waals surface area (Å²) in [6.45, 7) is -0.326. The minimum Gasteiger partial charge on any atom is -0.459 e. The van der Waals surface area contributed by atoms with Crippen LogP contribution in [0.25, 0.3) is 0 Å². The molecule has 1 aromatic rings. The van der Waals surface area contributed by atoms with E-state index >= 15 is 0 Å². The van der Waals surface area contributed by atoms with Crippen LogP contribution < -0.4 is 0 Å². The molecule has 0 aromatic heterocycles. The number of methoxy groups -OCH3 is 1. The van der Waals surface area contributed by atoms with Crippen molar-refractivity contribution >= 4 is 11.8 Å². The Morgan fingerprint density at radius 1 is 1.24 bits per heavy atom. The third kappa shape index (κ3) is 3.45. The number of aliphatic hydroxyl groups is 2. The monoisotopic (exact) mass is 296 g/mol. The summed E-state index contributed by atoms with van der Waals surface area (Å²) in [5.74, 6) is -1.42. The summed E-state index contributed by atoms with van der Waals surface area (Å²) >= 11 is 0. The van der Waals surface area contributed by atoms with Crippen LogP contribution in [0.4, 0.5) is 0 Å². The van der Waals surface area contributed by atoms with Gasteiger partial charge in [-0.25, -0.2) is 4.79 Å². The van der Waals surface area contributed by atoms with Crippen LogP contribution >= 0.6 is 0 Å².